The first-order valence-electron chi connectivity index (χ1n) is 7.72. The maximum absolute atomic E-state index is 12.9. The number of amidine groups is 1. The normalized spacial score (nSPS) is 26.3. The molecule has 0 heterocycles. The van der Waals surface area contributed by atoms with Crippen LogP contribution in [0.25, 0.3) is 0 Å². The minimum Gasteiger partial charge on any atom is -0.409 e. The quantitative estimate of drug-likeness (QED) is 0.351. The molecule has 114 valence electrons. The van der Waals surface area contributed by atoms with Crippen molar-refractivity contribution in [1.82, 2.24) is 4.90 Å². The summed E-state index contributed by atoms with van der Waals surface area (Å²) >= 11 is 0. The number of carbonyl (C=O) groups excluding carboxylic acids is 1. The largest absolute Gasteiger partial charge is 0.409 e. The fourth-order valence-corrected chi connectivity index (χ4v) is 3.30. The molecule has 3 N–H and O–H groups in total. The highest BCUT2D eigenvalue weighted by Crippen LogP contribution is 2.42. The Kier molecular flexibility index (Phi) is 4.55. The van der Waals surface area contributed by atoms with Crippen LogP contribution in [0.15, 0.2) is 5.16 Å². The van der Waals surface area contributed by atoms with Gasteiger partial charge in [-0.2, -0.15) is 0 Å². The zero-order valence-electron chi connectivity index (χ0n) is 12.6. The van der Waals surface area contributed by atoms with Gasteiger partial charge in [-0.3, -0.25) is 4.79 Å². The molecule has 0 radical (unpaired) electrons. The summed E-state index contributed by atoms with van der Waals surface area (Å²) in [6.07, 6.45) is 7.14. The molecular formula is C15H27N3O2. The molecule has 0 aromatic rings. The van der Waals surface area contributed by atoms with E-state index in [-0.39, 0.29) is 23.1 Å². The Morgan fingerprint density at radius 1 is 1.35 bits per heavy atom. The molecule has 1 unspecified atom stereocenters. The van der Waals surface area contributed by atoms with Crippen molar-refractivity contribution < 1.29 is 10.0 Å². The summed E-state index contributed by atoms with van der Waals surface area (Å²) in [4.78, 5) is 14.9. The molecule has 0 saturated heterocycles. The van der Waals surface area contributed by atoms with Gasteiger partial charge in [0.1, 0.15) is 5.84 Å². The topological polar surface area (TPSA) is 78.9 Å². The molecular weight excluding hydrogens is 254 g/mol. The fourth-order valence-electron chi connectivity index (χ4n) is 3.30. The van der Waals surface area contributed by atoms with E-state index in [2.05, 4.69) is 19.0 Å². The van der Waals surface area contributed by atoms with Gasteiger partial charge in [-0.15, -0.1) is 0 Å². The van der Waals surface area contributed by atoms with Gasteiger partial charge in [-0.05, 0) is 31.1 Å². The van der Waals surface area contributed by atoms with Gasteiger partial charge in [-0.25, -0.2) is 0 Å². The second-order valence-corrected chi connectivity index (χ2v) is 6.89. The summed E-state index contributed by atoms with van der Waals surface area (Å²) < 4.78 is 0. The number of nitrogens with two attached hydrogens (primary N) is 1. The number of amides is 1. The molecule has 5 nitrogen and oxygen atoms in total. The van der Waals surface area contributed by atoms with Crippen LogP contribution in [0, 0.1) is 11.3 Å². The lowest BCUT2D eigenvalue weighted by molar-refractivity contribution is -0.141. The van der Waals surface area contributed by atoms with Crippen molar-refractivity contribution in [2.75, 3.05) is 6.54 Å². The number of carbonyl (C=O) groups is 1. The molecule has 2 aliphatic rings. The van der Waals surface area contributed by atoms with Crippen molar-refractivity contribution in [3.8, 4) is 0 Å². The molecule has 1 amide bonds. The SMILES string of the molecule is CC1(C)CCCCC1C(=O)N(CCC(N)=NO)C1CC1. The summed E-state index contributed by atoms with van der Waals surface area (Å²) in [5.41, 5.74) is 5.63. The fraction of sp³-hybridized carbons (Fsp3) is 0.867. The third kappa shape index (κ3) is 3.44. The number of nitrogens with zero attached hydrogens (tertiary/aromatic N) is 2. The third-order valence-corrected chi connectivity index (χ3v) is 4.81. The van der Waals surface area contributed by atoms with Gasteiger partial charge in [0.2, 0.25) is 5.91 Å². The predicted molar refractivity (Wildman–Crippen MR) is 78.5 cm³/mol. The number of hydrogen-bond donors (Lipinski definition) is 2. The van der Waals surface area contributed by atoms with Crippen molar-refractivity contribution in [2.45, 2.75) is 64.8 Å². The van der Waals surface area contributed by atoms with Crippen LogP contribution in [0.2, 0.25) is 0 Å². The first-order valence-corrected chi connectivity index (χ1v) is 7.72. The molecule has 0 spiro atoms. The standard InChI is InChI=1S/C15H27N3O2/c1-15(2)9-4-3-5-12(15)14(19)18(11-6-7-11)10-8-13(16)17-20/h11-12,20H,3-10H2,1-2H3,(H2,16,17). The van der Waals surface area contributed by atoms with Crippen molar-refractivity contribution in [3.63, 3.8) is 0 Å². The van der Waals surface area contributed by atoms with Crippen molar-refractivity contribution in [1.29, 1.82) is 0 Å². The van der Waals surface area contributed by atoms with Crippen LogP contribution in [0.1, 0.15) is 58.8 Å². The molecule has 0 aromatic carbocycles. The van der Waals surface area contributed by atoms with Crippen molar-refractivity contribution >= 4 is 11.7 Å². The lowest BCUT2D eigenvalue weighted by atomic mass is 9.68. The van der Waals surface area contributed by atoms with E-state index in [1.165, 1.54) is 6.42 Å². The highest BCUT2D eigenvalue weighted by Gasteiger charge is 2.42. The van der Waals surface area contributed by atoms with E-state index in [4.69, 9.17) is 10.9 Å². The van der Waals surface area contributed by atoms with Crippen molar-refractivity contribution in [3.05, 3.63) is 0 Å². The number of hydrogen-bond acceptors (Lipinski definition) is 3. The second kappa shape index (κ2) is 6.02. The van der Waals surface area contributed by atoms with Gasteiger partial charge in [0.25, 0.3) is 0 Å². The molecule has 2 rings (SSSR count). The highest BCUT2D eigenvalue weighted by atomic mass is 16.4. The van der Waals surface area contributed by atoms with E-state index < -0.39 is 0 Å². The van der Waals surface area contributed by atoms with E-state index in [9.17, 15) is 4.79 Å². The van der Waals surface area contributed by atoms with Crippen LogP contribution in [-0.4, -0.2) is 34.4 Å². The molecule has 0 aromatic heterocycles. The van der Waals surface area contributed by atoms with Gasteiger partial charge in [0.05, 0.1) is 0 Å². The first-order chi connectivity index (χ1) is 9.45. The van der Waals surface area contributed by atoms with E-state index in [1.807, 2.05) is 4.90 Å². The second-order valence-electron chi connectivity index (χ2n) is 6.89. The Morgan fingerprint density at radius 2 is 2.05 bits per heavy atom. The summed E-state index contributed by atoms with van der Waals surface area (Å²) in [6, 6.07) is 0.381. The minimum atomic E-state index is 0.0963. The average Bonchev–Trinajstić information content (AvgIpc) is 3.22. The third-order valence-electron chi connectivity index (χ3n) is 4.81. The maximum Gasteiger partial charge on any atom is 0.226 e. The summed E-state index contributed by atoms with van der Waals surface area (Å²) in [5, 5.41) is 11.6. The molecule has 2 aliphatic carbocycles. The molecule has 2 saturated carbocycles. The van der Waals surface area contributed by atoms with E-state index in [0.717, 1.165) is 32.1 Å². The summed E-state index contributed by atoms with van der Waals surface area (Å²) in [5.74, 6) is 0.610. The number of rotatable bonds is 5. The van der Waals surface area contributed by atoms with Crippen LogP contribution in [0.3, 0.4) is 0 Å². The van der Waals surface area contributed by atoms with Gasteiger partial charge >= 0.3 is 0 Å². The Hall–Kier alpha value is -1.26. The van der Waals surface area contributed by atoms with Crippen LogP contribution in [0.4, 0.5) is 0 Å². The molecule has 2 fully saturated rings. The van der Waals surface area contributed by atoms with Crippen LogP contribution < -0.4 is 5.73 Å². The number of oxime groups is 1. The lowest BCUT2D eigenvalue weighted by Crippen LogP contribution is -2.45. The van der Waals surface area contributed by atoms with E-state index in [0.29, 0.717) is 19.0 Å². The highest BCUT2D eigenvalue weighted by molar-refractivity contribution is 5.83. The molecule has 0 bridgehead atoms. The van der Waals surface area contributed by atoms with E-state index >= 15 is 0 Å². The summed E-state index contributed by atoms with van der Waals surface area (Å²) in [7, 11) is 0. The van der Waals surface area contributed by atoms with Gasteiger partial charge in [-0.1, -0.05) is 31.8 Å². The van der Waals surface area contributed by atoms with E-state index in [1.54, 1.807) is 0 Å². The van der Waals surface area contributed by atoms with Crippen LogP contribution in [-0.2, 0) is 4.79 Å². The Bertz CT molecular complexity index is 389. The Morgan fingerprint density at radius 3 is 2.60 bits per heavy atom. The molecule has 20 heavy (non-hydrogen) atoms. The van der Waals surface area contributed by atoms with Crippen molar-refractivity contribution in [2.24, 2.45) is 22.2 Å². The molecule has 1 atom stereocenters. The lowest BCUT2D eigenvalue weighted by Gasteiger charge is -2.40. The average molecular weight is 281 g/mol. The molecule has 5 heteroatoms. The minimum absolute atomic E-state index is 0.0963. The Labute approximate surface area is 121 Å². The zero-order chi connectivity index (χ0) is 14.8. The Balaban J connectivity index is 2.02. The summed E-state index contributed by atoms with van der Waals surface area (Å²) in [6.45, 7) is 5.00. The maximum atomic E-state index is 12.9. The zero-order valence-corrected chi connectivity index (χ0v) is 12.6. The van der Waals surface area contributed by atoms with Gasteiger partial charge < -0.3 is 15.8 Å². The first kappa shape index (κ1) is 15.1. The smallest absolute Gasteiger partial charge is 0.226 e. The predicted octanol–water partition coefficient (Wildman–Crippen LogP) is 2.33. The van der Waals surface area contributed by atoms with Crippen LogP contribution >= 0.6 is 0 Å². The van der Waals surface area contributed by atoms with Gasteiger partial charge in [0.15, 0.2) is 0 Å². The monoisotopic (exact) mass is 281 g/mol. The van der Waals surface area contributed by atoms with Crippen LogP contribution in [0.5, 0.6) is 0 Å². The molecule has 0 aliphatic heterocycles. The van der Waals surface area contributed by atoms with Gasteiger partial charge in [0, 0.05) is 24.9 Å².